The zero-order valence-corrected chi connectivity index (χ0v) is 12.4. The van der Waals surface area contributed by atoms with Gasteiger partial charge in [-0.15, -0.1) is 0 Å². The first kappa shape index (κ1) is 15.0. The fraction of sp³-hybridized carbons (Fsp3) is 0.625. The van der Waals surface area contributed by atoms with Crippen LogP contribution in [0.3, 0.4) is 0 Å². The SMILES string of the molecule is Cc1cc(C(C)(C)C)cc(C)c1NCCCCO. The maximum atomic E-state index is 8.77. The standard InChI is InChI=1S/C16H27NO/c1-12-10-14(16(3,4)5)11-13(2)15(12)17-8-6-7-9-18/h10-11,17-18H,6-9H2,1-5H3. The van der Waals surface area contributed by atoms with Gasteiger partial charge in [0.1, 0.15) is 0 Å². The van der Waals surface area contributed by atoms with Gasteiger partial charge in [0, 0.05) is 18.8 Å². The molecule has 0 aliphatic rings. The number of rotatable bonds is 5. The van der Waals surface area contributed by atoms with E-state index in [0.717, 1.165) is 19.4 Å². The molecule has 0 saturated heterocycles. The summed E-state index contributed by atoms with van der Waals surface area (Å²) in [6.07, 6.45) is 1.88. The van der Waals surface area contributed by atoms with E-state index >= 15 is 0 Å². The van der Waals surface area contributed by atoms with Crippen molar-refractivity contribution in [3.8, 4) is 0 Å². The quantitative estimate of drug-likeness (QED) is 0.778. The van der Waals surface area contributed by atoms with E-state index in [1.807, 2.05) is 0 Å². The molecular formula is C16H27NO. The van der Waals surface area contributed by atoms with Crippen LogP contribution in [0.15, 0.2) is 12.1 Å². The summed E-state index contributed by atoms with van der Waals surface area (Å²) in [6.45, 7) is 12.3. The van der Waals surface area contributed by atoms with Gasteiger partial charge in [0.15, 0.2) is 0 Å². The van der Waals surface area contributed by atoms with Gasteiger partial charge < -0.3 is 10.4 Å². The largest absolute Gasteiger partial charge is 0.396 e. The van der Waals surface area contributed by atoms with Crippen molar-refractivity contribution in [1.29, 1.82) is 0 Å². The van der Waals surface area contributed by atoms with Crippen LogP contribution in [0.2, 0.25) is 0 Å². The monoisotopic (exact) mass is 249 g/mol. The number of benzene rings is 1. The minimum Gasteiger partial charge on any atom is -0.396 e. The minimum absolute atomic E-state index is 0.199. The van der Waals surface area contributed by atoms with Gasteiger partial charge in [0.05, 0.1) is 0 Å². The van der Waals surface area contributed by atoms with Crippen molar-refractivity contribution in [2.45, 2.75) is 52.9 Å². The summed E-state index contributed by atoms with van der Waals surface area (Å²) in [7, 11) is 0. The highest BCUT2D eigenvalue weighted by atomic mass is 16.2. The van der Waals surface area contributed by atoms with E-state index in [9.17, 15) is 0 Å². The molecule has 2 N–H and O–H groups in total. The maximum absolute atomic E-state index is 8.77. The Bertz CT molecular complexity index is 368. The Kier molecular flexibility index (Phi) is 5.21. The van der Waals surface area contributed by atoms with Gasteiger partial charge in [-0.05, 0) is 48.8 Å². The summed E-state index contributed by atoms with van der Waals surface area (Å²) in [5.41, 5.74) is 5.46. The minimum atomic E-state index is 0.199. The first-order valence-electron chi connectivity index (χ1n) is 6.82. The third kappa shape index (κ3) is 4.02. The summed E-state index contributed by atoms with van der Waals surface area (Å²) >= 11 is 0. The molecule has 0 unspecified atom stereocenters. The van der Waals surface area contributed by atoms with Crippen LogP contribution in [-0.2, 0) is 5.41 Å². The highest BCUT2D eigenvalue weighted by Crippen LogP contribution is 2.29. The number of unbranched alkanes of at least 4 members (excludes halogenated alkanes) is 1. The van der Waals surface area contributed by atoms with Gasteiger partial charge >= 0.3 is 0 Å². The molecule has 2 nitrogen and oxygen atoms in total. The molecule has 0 heterocycles. The Morgan fingerprint density at radius 1 is 1.06 bits per heavy atom. The van der Waals surface area contributed by atoms with Crippen molar-refractivity contribution >= 4 is 5.69 Å². The van der Waals surface area contributed by atoms with Gasteiger partial charge in [-0.25, -0.2) is 0 Å². The van der Waals surface area contributed by atoms with Crippen molar-refractivity contribution in [2.24, 2.45) is 0 Å². The summed E-state index contributed by atoms with van der Waals surface area (Å²) < 4.78 is 0. The average Bonchev–Trinajstić information content (AvgIpc) is 2.25. The highest BCUT2D eigenvalue weighted by Gasteiger charge is 2.15. The first-order valence-corrected chi connectivity index (χ1v) is 6.82. The molecule has 18 heavy (non-hydrogen) atoms. The van der Waals surface area contributed by atoms with Gasteiger partial charge in [-0.1, -0.05) is 32.9 Å². The van der Waals surface area contributed by atoms with E-state index in [1.165, 1.54) is 22.4 Å². The molecule has 1 rings (SSSR count). The van der Waals surface area contributed by atoms with Crippen molar-refractivity contribution in [3.05, 3.63) is 28.8 Å². The van der Waals surface area contributed by atoms with Crippen molar-refractivity contribution in [1.82, 2.24) is 0 Å². The molecule has 102 valence electrons. The number of nitrogens with one attached hydrogen (secondary N) is 1. The Labute approximate surface area is 111 Å². The number of hydrogen-bond donors (Lipinski definition) is 2. The van der Waals surface area contributed by atoms with E-state index in [2.05, 4.69) is 52.1 Å². The summed E-state index contributed by atoms with van der Waals surface area (Å²) in [6, 6.07) is 4.56. The molecule has 0 bridgehead atoms. The van der Waals surface area contributed by atoms with E-state index < -0.39 is 0 Å². The van der Waals surface area contributed by atoms with Gasteiger partial charge in [0.25, 0.3) is 0 Å². The van der Waals surface area contributed by atoms with Crippen LogP contribution in [0.1, 0.15) is 50.3 Å². The summed E-state index contributed by atoms with van der Waals surface area (Å²) in [4.78, 5) is 0. The predicted molar refractivity (Wildman–Crippen MR) is 79.4 cm³/mol. The van der Waals surface area contributed by atoms with Gasteiger partial charge in [0.2, 0.25) is 0 Å². The molecule has 0 saturated carbocycles. The van der Waals surface area contributed by atoms with Crippen LogP contribution in [0.5, 0.6) is 0 Å². The van der Waals surface area contributed by atoms with Crippen molar-refractivity contribution in [3.63, 3.8) is 0 Å². The third-order valence-electron chi connectivity index (χ3n) is 3.29. The first-order chi connectivity index (χ1) is 8.36. The summed E-state index contributed by atoms with van der Waals surface area (Å²) in [5, 5.41) is 12.3. The molecule has 2 heteroatoms. The lowest BCUT2D eigenvalue weighted by molar-refractivity contribution is 0.286. The number of aryl methyl sites for hydroxylation is 2. The second kappa shape index (κ2) is 6.24. The molecule has 0 aromatic heterocycles. The zero-order chi connectivity index (χ0) is 13.8. The van der Waals surface area contributed by atoms with Crippen LogP contribution in [-0.4, -0.2) is 18.3 Å². The van der Waals surface area contributed by atoms with Crippen LogP contribution in [0.25, 0.3) is 0 Å². The van der Waals surface area contributed by atoms with Crippen LogP contribution < -0.4 is 5.32 Å². The molecule has 0 amide bonds. The number of aliphatic hydroxyl groups is 1. The average molecular weight is 249 g/mol. The van der Waals surface area contributed by atoms with Crippen molar-refractivity contribution in [2.75, 3.05) is 18.5 Å². The molecule has 0 spiro atoms. The lowest BCUT2D eigenvalue weighted by Gasteiger charge is -2.22. The van der Waals surface area contributed by atoms with Crippen LogP contribution in [0, 0.1) is 13.8 Å². The van der Waals surface area contributed by atoms with E-state index in [1.54, 1.807) is 0 Å². The normalized spacial score (nSPS) is 11.7. The maximum Gasteiger partial charge on any atom is 0.0431 e. The lowest BCUT2D eigenvalue weighted by Crippen LogP contribution is -2.13. The van der Waals surface area contributed by atoms with Gasteiger partial charge in [-0.3, -0.25) is 0 Å². The fourth-order valence-corrected chi connectivity index (χ4v) is 2.13. The number of anilines is 1. The molecule has 0 fully saturated rings. The van der Waals surface area contributed by atoms with Crippen LogP contribution in [0.4, 0.5) is 5.69 Å². The fourth-order valence-electron chi connectivity index (χ4n) is 2.13. The number of aliphatic hydroxyl groups excluding tert-OH is 1. The molecule has 0 aliphatic carbocycles. The molecule has 0 radical (unpaired) electrons. The topological polar surface area (TPSA) is 32.3 Å². The number of hydrogen-bond acceptors (Lipinski definition) is 2. The molecule has 1 aromatic rings. The smallest absolute Gasteiger partial charge is 0.0431 e. The molecule has 0 aliphatic heterocycles. The zero-order valence-electron chi connectivity index (χ0n) is 12.4. The lowest BCUT2D eigenvalue weighted by atomic mass is 9.85. The molecule has 0 atom stereocenters. The molecular weight excluding hydrogens is 222 g/mol. The third-order valence-corrected chi connectivity index (χ3v) is 3.29. The Hall–Kier alpha value is -1.02. The van der Waals surface area contributed by atoms with Crippen LogP contribution >= 0.6 is 0 Å². The second-order valence-electron chi connectivity index (χ2n) is 6.09. The van der Waals surface area contributed by atoms with E-state index in [-0.39, 0.29) is 12.0 Å². The van der Waals surface area contributed by atoms with E-state index in [4.69, 9.17) is 5.11 Å². The Morgan fingerprint density at radius 2 is 1.61 bits per heavy atom. The second-order valence-corrected chi connectivity index (χ2v) is 6.09. The summed E-state index contributed by atoms with van der Waals surface area (Å²) in [5.74, 6) is 0. The Morgan fingerprint density at radius 3 is 2.06 bits per heavy atom. The van der Waals surface area contributed by atoms with E-state index in [0.29, 0.717) is 0 Å². The van der Waals surface area contributed by atoms with Gasteiger partial charge in [-0.2, -0.15) is 0 Å². The van der Waals surface area contributed by atoms with Crippen molar-refractivity contribution < 1.29 is 5.11 Å². The highest BCUT2D eigenvalue weighted by molar-refractivity contribution is 5.59. The predicted octanol–water partition coefficient (Wildman–Crippen LogP) is 3.79. The molecule has 1 aromatic carbocycles. The Balaban J connectivity index is 2.82.